The molecule has 0 amide bonds. The number of aromatic carboxylic acids is 1. The number of nitriles is 2. The van der Waals surface area contributed by atoms with E-state index in [1.807, 2.05) is 19.1 Å². The number of furan rings is 1. The Hall–Kier alpha value is -3.61. The van der Waals surface area contributed by atoms with Gasteiger partial charge in [-0.2, -0.15) is 10.5 Å². The smallest absolute Gasteiger partial charge is 0.372 e. The van der Waals surface area contributed by atoms with Crippen molar-refractivity contribution in [2.75, 3.05) is 0 Å². The number of aliphatic hydroxyl groups excluding tert-OH is 1. The molecule has 0 aliphatic heterocycles. The lowest BCUT2D eigenvalue weighted by Gasteiger charge is -2.11. The molecule has 122 valence electrons. The van der Waals surface area contributed by atoms with E-state index in [2.05, 4.69) is 0 Å². The van der Waals surface area contributed by atoms with Gasteiger partial charge in [-0.25, -0.2) is 4.79 Å². The molecule has 1 aromatic heterocycles. The van der Waals surface area contributed by atoms with E-state index in [1.54, 1.807) is 24.3 Å². The molecule has 1 heterocycles. The van der Waals surface area contributed by atoms with Gasteiger partial charge in [0, 0.05) is 17.0 Å². The molecule has 6 nitrogen and oxygen atoms in total. The summed E-state index contributed by atoms with van der Waals surface area (Å²) in [5.74, 6) is -1.75. The second kappa shape index (κ2) is 6.12. The average molecular weight is 332 g/mol. The topological polar surface area (TPSA) is 118 Å². The van der Waals surface area contributed by atoms with E-state index in [0.29, 0.717) is 10.9 Å². The highest BCUT2D eigenvalue weighted by molar-refractivity contribution is 5.96. The summed E-state index contributed by atoms with van der Waals surface area (Å²) in [6.45, 7) is 1.90. The Bertz CT molecular complexity index is 1070. The van der Waals surface area contributed by atoms with Crippen LogP contribution >= 0.6 is 0 Å². The van der Waals surface area contributed by atoms with Crippen LogP contribution in [-0.4, -0.2) is 16.2 Å². The number of aryl methyl sites for hydroxylation is 1. The van der Waals surface area contributed by atoms with Crippen LogP contribution in [0, 0.1) is 29.6 Å². The van der Waals surface area contributed by atoms with E-state index < -0.39 is 17.8 Å². The van der Waals surface area contributed by atoms with Crippen molar-refractivity contribution >= 4 is 16.9 Å². The lowest BCUT2D eigenvalue weighted by Crippen LogP contribution is -2.06. The van der Waals surface area contributed by atoms with Gasteiger partial charge in [-0.3, -0.25) is 0 Å². The molecule has 1 unspecified atom stereocenters. The first-order chi connectivity index (χ1) is 12.0. The lowest BCUT2D eigenvalue weighted by molar-refractivity contribution is 0.0657. The molecule has 25 heavy (non-hydrogen) atoms. The third-order valence-corrected chi connectivity index (χ3v) is 3.97. The maximum atomic E-state index is 11.6. The molecule has 6 heteroatoms. The maximum Gasteiger partial charge on any atom is 0.372 e. The van der Waals surface area contributed by atoms with Crippen LogP contribution in [0.25, 0.3) is 11.0 Å². The van der Waals surface area contributed by atoms with Crippen molar-refractivity contribution in [3.8, 4) is 12.1 Å². The second-order valence-electron chi connectivity index (χ2n) is 5.58. The zero-order valence-electron chi connectivity index (χ0n) is 13.1. The van der Waals surface area contributed by atoms with E-state index in [9.17, 15) is 20.3 Å². The minimum atomic E-state index is -1.34. The number of carboxylic acid groups (broad SMARTS) is 1. The molecular weight excluding hydrogens is 320 g/mol. The zero-order valence-corrected chi connectivity index (χ0v) is 13.1. The van der Waals surface area contributed by atoms with E-state index >= 15 is 0 Å². The third kappa shape index (κ3) is 2.72. The van der Waals surface area contributed by atoms with E-state index in [1.165, 1.54) is 12.1 Å². The number of nitrogens with zero attached hydrogens (tertiary/aromatic N) is 2. The van der Waals surface area contributed by atoms with Crippen molar-refractivity contribution in [1.29, 1.82) is 10.5 Å². The van der Waals surface area contributed by atoms with Crippen molar-refractivity contribution in [2.24, 2.45) is 0 Å². The largest absolute Gasteiger partial charge is 0.475 e. The first-order valence-electron chi connectivity index (χ1n) is 7.34. The number of hydrogen-bond donors (Lipinski definition) is 2. The molecule has 0 bridgehead atoms. The Morgan fingerprint density at radius 2 is 1.72 bits per heavy atom. The number of carboxylic acids is 1. The van der Waals surface area contributed by atoms with Crippen LogP contribution in [0.15, 0.2) is 40.8 Å². The lowest BCUT2D eigenvalue weighted by atomic mass is 9.96. The summed E-state index contributed by atoms with van der Waals surface area (Å²) in [6, 6.07) is 13.4. The van der Waals surface area contributed by atoms with E-state index in [-0.39, 0.29) is 22.3 Å². The van der Waals surface area contributed by atoms with Crippen LogP contribution in [0.4, 0.5) is 0 Å². The van der Waals surface area contributed by atoms with Gasteiger partial charge in [-0.1, -0.05) is 29.8 Å². The minimum absolute atomic E-state index is 0.0624. The number of fused-ring (bicyclic) bond motifs is 1. The Kier molecular flexibility index (Phi) is 3.98. The van der Waals surface area contributed by atoms with E-state index in [4.69, 9.17) is 9.68 Å². The van der Waals surface area contributed by atoms with Gasteiger partial charge < -0.3 is 14.6 Å². The van der Waals surface area contributed by atoms with Crippen LogP contribution in [0.5, 0.6) is 0 Å². The fourth-order valence-electron chi connectivity index (χ4n) is 2.69. The van der Waals surface area contributed by atoms with Gasteiger partial charge >= 0.3 is 5.97 Å². The second-order valence-corrected chi connectivity index (χ2v) is 5.58. The fourth-order valence-corrected chi connectivity index (χ4v) is 2.69. The van der Waals surface area contributed by atoms with Gasteiger partial charge in [0.1, 0.15) is 23.8 Å². The van der Waals surface area contributed by atoms with Gasteiger partial charge in [0.2, 0.25) is 5.76 Å². The minimum Gasteiger partial charge on any atom is -0.475 e. The Balaban J connectivity index is 2.30. The summed E-state index contributed by atoms with van der Waals surface area (Å²) >= 11 is 0. The molecule has 0 aliphatic rings. The van der Waals surface area contributed by atoms with Gasteiger partial charge in [-0.15, -0.1) is 0 Å². The number of rotatable bonds is 3. The summed E-state index contributed by atoms with van der Waals surface area (Å²) in [5.41, 5.74) is 1.86. The van der Waals surface area contributed by atoms with Gasteiger partial charge in [0.15, 0.2) is 0 Å². The summed E-state index contributed by atoms with van der Waals surface area (Å²) in [7, 11) is 0. The van der Waals surface area contributed by atoms with Crippen molar-refractivity contribution in [1.82, 2.24) is 0 Å². The van der Waals surface area contributed by atoms with Crippen molar-refractivity contribution in [2.45, 2.75) is 13.0 Å². The first kappa shape index (κ1) is 16.3. The third-order valence-electron chi connectivity index (χ3n) is 3.97. The zero-order chi connectivity index (χ0) is 18.1. The monoisotopic (exact) mass is 332 g/mol. The molecule has 0 saturated carbocycles. The standard InChI is InChI=1S/C19H12N2O4/c1-10-2-4-11(5-3-10)17(22)16-14-6-12(8-20)13(9-21)7-15(14)25-18(16)19(23)24/h2-7,17,22H,1H3,(H,23,24). The number of aliphatic hydroxyl groups is 1. The highest BCUT2D eigenvalue weighted by Gasteiger charge is 2.27. The van der Waals surface area contributed by atoms with Gasteiger partial charge in [0.25, 0.3) is 0 Å². The normalized spacial score (nSPS) is 11.7. The van der Waals surface area contributed by atoms with Crippen molar-refractivity contribution in [3.05, 3.63) is 70.0 Å². The molecule has 0 aliphatic carbocycles. The summed E-state index contributed by atoms with van der Waals surface area (Å²) in [4.78, 5) is 11.6. The molecule has 0 radical (unpaired) electrons. The first-order valence-corrected chi connectivity index (χ1v) is 7.34. The highest BCUT2D eigenvalue weighted by atomic mass is 16.4. The molecule has 1 atom stereocenters. The molecule has 0 fully saturated rings. The van der Waals surface area contributed by atoms with Crippen LogP contribution in [0.1, 0.15) is 44.5 Å². The Morgan fingerprint density at radius 1 is 1.12 bits per heavy atom. The molecule has 2 aromatic carbocycles. The van der Waals surface area contributed by atoms with Gasteiger partial charge in [-0.05, 0) is 18.6 Å². The maximum absolute atomic E-state index is 11.6. The summed E-state index contributed by atoms with van der Waals surface area (Å²) in [5, 5.41) is 38.7. The van der Waals surface area contributed by atoms with Gasteiger partial charge in [0.05, 0.1) is 11.1 Å². The summed E-state index contributed by atoms with van der Waals surface area (Å²) in [6.07, 6.45) is -1.24. The molecule has 0 spiro atoms. The molecular formula is C19H12N2O4. The highest BCUT2D eigenvalue weighted by Crippen LogP contribution is 2.36. The fraction of sp³-hybridized carbons (Fsp3) is 0.105. The Morgan fingerprint density at radius 3 is 2.28 bits per heavy atom. The SMILES string of the molecule is Cc1ccc(C(O)c2c(C(=O)O)oc3cc(C#N)c(C#N)cc23)cc1. The van der Waals surface area contributed by atoms with Crippen LogP contribution < -0.4 is 0 Å². The molecule has 3 rings (SSSR count). The molecule has 0 saturated heterocycles. The average Bonchev–Trinajstić information content (AvgIpc) is 2.99. The van der Waals surface area contributed by atoms with Crippen molar-refractivity contribution < 1.29 is 19.4 Å². The predicted molar refractivity (Wildman–Crippen MR) is 87.8 cm³/mol. The van der Waals surface area contributed by atoms with Crippen LogP contribution in [0.3, 0.4) is 0 Å². The van der Waals surface area contributed by atoms with Crippen LogP contribution in [0.2, 0.25) is 0 Å². The molecule has 2 N–H and O–H groups in total. The predicted octanol–water partition coefficient (Wildman–Crippen LogP) is 3.26. The quantitative estimate of drug-likeness (QED) is 0.760. The van der Waals surface area contributed by atoms with E-state index in [0.717, 1.165) is 5.56 Å². The Labute approximate surface area is 142 Å². The number of carbonyl (C=O) groups is 1. The summed E-state index contributed by atoms with van der Waals surface area (Å²) < 4.78 is 5.35. The van der Waals surface area contributed by atoms with Crippen molar-refractivity contribution in [3.63, 3.8) is 0 Å². The number of hydrogen-bond acceptors (Lipinski definition) is 5. The molecule has 3 aromatic rings. The van der Waals surface area contributed by atoms with Crippen LogP contribution in [-0.2, 0) is 0 Å². The number of benzene rings is 2.